The van der Waals surface area contributed by atoms with Crippen molar-refractivity contribution >= 4 is 5.91 Å². The first-order chi connectivity index (χ1) is 13.1. The van der Waals surface area contributed by atoms with Crippen molar-refractivity contribution in [3.05, 3.63) is 35.0 Å². The molecule has 0 bridgehead atoms. The van der Waals surface area contributed by atoms with Crippen molar-refractivity contribution in [2.24, 2.45) is 5.92 Å². The van der Waals surface area contributed by atoms with Gasteiger partial charge in [-0.15, -0.1) is 0 Å². The third kappa shape index (κ3) is 3.91. The fourth-order valence-corrected chi connectivity index (χ4v) is 3.94. The zero-order chi connectivity index (χ0) is 18.8. The summed E-state index contributed by atoms with van der Waals surface area (Å²) in [7, 11) is 0. The Morgan fingerprint density at radius 2 is 2.15 bits per heavy atom. The van der Waals surface area contributed by atoms with Gasteiger partial charge in [-0.05, 0) is 38.7 Å². The lowest BCUT2D eigenvalue weighted by molar-refractivity contribution is -0.126. The third-order valence-electron chi connectivity index (χ3n) is 5.64. The third-order valence-corrected chi connectivity index (χ3v) is 5.64. The average molecular weight is 373 g/mol. The maximum Gasteiger partial charge on any atom is 0.246 e. The lowest BCUT2D eigenvalue weighted by atomic mass is 10.0. The van der Waals surface area contributed by atoms with Crippen LogP contribution in [0.3, 0.4) is 0 Å². The van der Waals surface area contributed by atoms with Gasteiger partial charge in [-0.2, -0.15) is 5.10 Å². The Morgan fingerprint density at radius 1 is 1.33 bits per heavy atom. The summed E-state index contributed by atoms with van der Waals surface area (Å²) >= 11 is 0. The van der Waals surface area contributed by atoms with Gasteiger partial charge in [0.15, 0.2) is 0 Å². The van der Waals surface area contributed by atoms with E-state index in [-0.39, 0.29) is 11.9 Å². The molecule has 0 radical (unpaired) electrons. The van der Waals surface area contributed by atoms with E-state index in [0.717, 1.165) is 61.9 Å². The van der Waals surface area contributed by atoms with E-state index in [9.17, 15) is 4.79 Å². The fourth-order valence-electron chi connectivity index (χ4n) is 3.94. The van der Waals surface area contributed by atoms with Crippen molar-refractivity contribution in [2.45, 2.75) is 45.8 Å². The van der Waals surface area contributed by atoms with Gasteiger partial charge in [-0.1, -0.05) is 5.16 Å². The Morgan fingerprint density at radius 3 is 2.89 bits per heavy atom. The van der Waals surface area contributed by atoms with Gasteiger partial charge in [0.1, 0.15) is 11.8 Å². The number of hydrogen-bond donors (Lipinski definition) is 1. The number of fused-ring (bicyclic) bond motifs is 1. The Kier molecular flexibility index (Phi) is 5.27. The highest BCUT2D eigenvalue weighted by molar-refractivity contribution is 5.80. The van der Waals surface area contributed by atoms with Crippen LogP contribution in [0.15, 0.2) is 16.8 Å². The second-order valence-corrected chi connectivity index (χ2v) is 7.56. The van der Waals surface area contributed by atoms with E-state index in [0.29, 0.717) is 19.0 Å². The van der Waals surface area contributed by atoms with Crippen molar-refractivity contribution in [2.75, 3.05) is 26.3 Å². The smallest absolute Gasteiger partial charge is 0.246 e. The van der Waals surface area contributed by atoms with Crippen LogP contribution < -0.4 is 5.32 Å². The van der Waals surface area contributed by atoms with Crippen LogP contribution in [0.4, 0.5) is 0 Å². The number of rotatable bonds is 5. The highest BCUT2D eigenvalue weighted by atomic mass is 16.5. The number of carbonyl (C=O) groups is 1. The van der Waals surface area contributed by atoms with E-state index in [1.807, 2.05) is 24.6 Å². The molecular formula is C19H27N5O3. The molecule has 1 atom stereocenters. The molecule has 0 saturated carbocycles. The Labute approximate surface area is 158 Å². The topological polar surface area (TPSA) is 85.4 Å². The molecule has 2 aliphatic heterocycles. The Bertz CT molecular complexity index is 774. The summed E-state index contributed by atoms with van der Waals surface area (Å²) in [6, 6.07) is 1.67. The molecule has 1 fully saturated rings. The molecule has 4 heterocycles. The molecular weight excluding hydrogens is 346 g/mol. The van der Waals surface area contributed by atoms with Crippen molar-refractivity contribution in [3.63, 3.8) is 0 Å². The summed E-state index contributed by atoms with van der Waals surface area (Å²) in [6.45, 7) is 8.28. The molecule has 27 heavy (non-hydrogen) atoms. The van der Waals surface area contributed by atoms with Crippen LogP contribution in [0.25, 0.3) is 0 Å². The molecule has 146 valence electrons. The lowest BCUT2D eigenvalue weighted by Gasteiger charge is -2.33. The average Bonchev–Trinajstić information content (AvgIpc) is 3.28. The second kappa shape index (κ2) is 7.82. The van der Waals surface area contributed by atoms with E-state index in [1.165, 1.54) is 0 Å². The number of nitrogens with zero attached hydrogens (tertiary/aromatic N) is 4. The van der Waals surface area contributed by atoms with E-state index in [2.05, 4.69) is 20.5 Å². The number of amides is 1. The molecule has 8 heteroatoms. The maximum absolute atomic E-state index is 12.9. The first-order valence-electron chi connectivity index (χ1n) is 9.63. The van der Waals surface area contributed by atoms with Crippen LogP contribution >= 0.6 is 0 Å². The van der Waals surface area contributed by atoms with Gasteiger partial charge < -0.3 is 14.6 Å². The normalized spacial score (nSPS) is 21.2. The predicted octanol–water partition coefficient (Wildman–Crippen LogP) is 1.59. The predicted molar refractivity (Wildman–Crippen MR) is 97.9 cm³/mol. The van der Waals surface area contributed by atoms with Crippen LogP contribution in [0, 0.1) is 19.8 Å². The van der Waals surface area contributed by atoms with Crippen LogP contribution in [-0.4, -0.2) is 52.0 Å². The van der Waals surface area contributed by atoms with Crippen LogP contribution in [0.5, 0.6) is 0 Å². The number of nitrogens with one attached hydrogen (secondary N) is 1. The van der Waals surface area contributed by atoms with Crippen LogP contribution in [-0.2, 0) is 22.6 Å². The van der Waals surface area contributed by atoms with Crippen molar-refractivity contribution < 1.29 is 14.1 Å². The SMILES string of the molecule is Cc1noc(C)c1CN1Cc2ccnn2C(C(=O)NCC2CCOCC2)C1. The van der Waals surface area contributed by atoms with Crippen LogP contribution in [0.2, 0.25) is 0 Å². The summed E-state index contributed by atoms with van der Waals surface area (Å²) < 4.78 is 12.5. The minimum Gasteiger partial charge on any atom is -0.381 e. The minimum absolute atomic E-state index is 0.0369. The molecule has 1 unspecified atom stereocenters. The largest absolute Gasteiger partial charge is 0.381 e. The molecule has 1 N–H and O–H groups in total. The molecule has 2 aliphatic rings. The number of aromatic nitrogens is 3. The molecule has 2 aromatic rings. The van der Waals surface area contributed by atoms with Gasteiger partial charge >= 0.3 is 0 Å². The molecule has 8 nitrogen and oxygen atoms in total. The number of carbonyl (C=O) groups excluding carboxylic acids is 1. The number of ether oxygens (including phenoxy) is 1. The van der Waals surface area contributed by atoms with E-state index in [1.54, 1.807) is 6.20 Å². The quantitative estimate of drug-likeness (QED) is 0.857. The summed E-state index contributed by atoms with van der Waals surface area (Å²) in [5.74, 6) is 1.38. The first-order valence-corrected chi connectivity index (χ1v) is 9.63. The number of aryl methyl sites for hydroxylation is 2. The van der Waals surface area contributed by atoms with Crippen LogP contribution in [0.1, 0.15) is 41.6 Å². The van der Waals surface area contributed by atoms with Gasteiger partial charge in [0.25, 0.3) is 0 Å². The van der Waals surface area contributed by atoms with Gasteiger partial charge in [-0.3, -0.25) is 14.4 Å². The first kappa shape index (κ1) is 18.2. The molecule has 0 aliphatic carbocycles. The number of hydrogen-bond acceptors (Lipinski definition) is 6. The maximum atomic E-state index is 12.9. The van der Waals surface area contributed by atoms with Crippen molar-refractivity contribution in [1.29, 1.82) is 0 Å². The Balaban J connectivity index is 1.44. The molecule has 1 saturated heterocycles. The highest BCUT2D eigenvalue weighted by Crippen LogP contribution is 2.24. The van der Waals surface area contributed by atoms with Gasteiger partial charge in [0.05, 0.1) is 11.4 Å². The molecule has 0 spiro atoms. The standard InChI is InChI=1S/C19H27N5O3/c1-13-17(14(2)27-22-13)11-23-10-16-3-6-21-24(16)18(12-23)19(25)20-9-15-4-7-26-8-5-15/h3,6,15,18H,4-5,7-12H2,1-2H3,(H,20,25). The fraction of sp³-hybridized carbons (Fsp3) is 0.632. The summed E-state index contributed by atoms with van der Waals surface area (Å²) in [5.41, 5.74) is 3.07. The lowest BCUT2D eigenvalue weighted by Crippen LogP contribution is -2.46. The van der Waals surface area contributed by atoms with E-state index >= 15 is 0 Å². The van der Waals surface area contributed by atoms with Gasteiger partial charge in [-0.25, -0.2) is 0 Å². The molecule has 2 aromatic heterocycles. The summed E-state index contributed by atoms with van der Waals surface area (Å²) in [5, 5.41) is 11.6. The molecule has 0 aromatic carbocycles. The molecule has 4 rings (SSSR count). The highest BCUT2D eigenvalue weighted by Gasteiger charge is 2.32. The monoisotopic (exact) mass is 373 g/mol. The van der Waals surface area contributed by atoms with E-state index in [4.69, 9.17) is 9.26 Å². The van der Waals surface area contributed by atoms with Gasteiger partial charge in [0, 0.05) is 51.2 Å². The van der Waals surface area contributed by atoms with E-state index < -0.39 is 0 Å². The van der Waals surface area contributed by atoms with Gasteiger partial charge in [0.2, 0.25) is 5.91 Å². The molecule has 1 amide bonds. The Hall–Kier alpha value is -2.19. The zero-order valence-electron chi connectivity index (χ0n) is 16.0. The van der Waals surface area contributed by atoms with Crippen molar-refractivity contribution in [3.8, 4) is 0 Å². The minimum atomic E-state index is -0.316. The zero-order valence-corrected chi connectivity index (χ0v) is 16.0. The second-order valence-electron chi connectivity index (χ2n) is 7.56. The summed E-state index contributed by atoms with van der Waals surface area (Å²) in [4.78, 5) is 15.2. The van der Waals surface area contributed by atoms with Crippen molar-refractivity contribution in [1.82, 2.24) is 25.2 Å². The summed E-state index contributed by atoms with van der Waals surface area (Å²) in [6.07, 6.45) is 3.79.